The van der Waals surface area contributed by atoms with Crippen molar-refractivity contribution < 1.29 is 44.7 Å². The number of hydrogen-bond donors (Lipinski definition) is 1. The van der Waals surface area contributed by atoms with Crippen LogP contribution in [-0.2, 0) is 4.79 Å². The smallest absolute Gasteiger partial charge is 0.872 e. The first-order valence-electron chi connectivity index (χ1n) is 4.31. The zero-order valence-corrected chi connectivity index (χ0v) is 11.1. The van der Waals surface area contributed by atoms with Gasteiger partial charge in [-0.25, -0.2) is 0 Å². The largest absolute Gasteiger partial charge is 1.00 e. The van der Waals surface area contributed by atoms with Crippen molar-refractivity contribution in [3.63, 3.8) is 0 Å². The molecule has 0 bridgehead atoms. The molecule has 1 N–H and O–H groups in total. The van der Waals surface area contributed by atoms with Crippen molar-refractivity contribution in [3.8, 4) is 0 Å². The molecule has 0 unspecified atom stereocenters. The van der Waals surface area contributed by atoms with E-state index in [-0.39, 0.29) is 47.1 Å². The number of allylic oxidation sites excluding steroid dienone is 3. The monoisotopic (exact) mass is 217 g/mol. The fraction of sp³-hybridized carbons (Fsp3) is 0.300. The minimum Gasteiger partial charge on any atom is -0.872 e. The van der Waals surface area contributed by atoms with Crippen LogP contribution in [0.1, 0.15) is 13.8 Å². The van der Waals surface area contributed by atoms with Gasteiger partial charge in [0.2, 0.25) is 0 Å². The zero-order valence-electron chi connectivity index (χ0n) is 9.10. The molecule has 0 saturated heterocycles. The van der Waals surface area contributed by atoms with Gasteiger partial charge in [-0.15, -0.1) is 0 Å². The van der Waals surface area contributed by atoms with Gasteiger partial charge in [-0.3, -0.25) is 15.1 Å². The number of hydroxylamine groups is 2. The van der Waals surface area contributed by atoms with E-state index in [9.17, 15) is 15.1 Å². The molecule has 0 heterocycles. The van der Waals surface area contributed by atoms with Gasteiger partial charge in [-0.2, -0.15) is 0 Å². The molecule has 0 spiro atoms. The Morgan fingerprint density at radius 3 is 2.53 bits per heavy atom. The third-order valence-electron chi connectivity index (χ3n) is 1.79. The van der Waals surface area contributed by atoms with Gasteiger partial charge >= 0.3 is 29.6 Å². The van der Waals surface area contributed by atoms with Gasteiger partial charge in [0.25, 0.3) is 0 Å². The Balaban J connectivity index is 0.00000196. The summed E-state index contributed by atoms with van der Waals surface area (Å²) >= 11 is 0. The van der Waals surface area contributed by atoms with Crippen LogP contribution in [-0.4, -0.2) is 22.1 Å². The maximum absolute atomic E-state index is 11.2. The van der Waals surface area contributed by atoms with Crippen molar-refractivity contribution in [1.29, 1.82) is 0 Å². The van der Waals surface area contributed by atoms with Gasteiger partial charge in [-0.1, -0.05) is 11.8 Å². The van der Waals surface area contributed by atoms with Gasteiger partial charge in [0.15, 0.2) is 5.78 Å². The zero-order chi connectivity index (χ0) is 10.7. The van der Waals surface area contributed by atoms with Crippen molar-refractivity contribution in [2.24, 2.45) is 0 Å². The minimum absolute atomic E-state index is 0. The molecule has 1 aliphatic rings. The number of nitrogens with zero attached hydrogens (tertiary/aromatic N) is 1. The van der Waals surface area contributed by atoms with Crippen molar-refractivity contribution in [1.82, 2.24) is 5.06 Å². The van der Waals surface area contributed by atoms with Crippen LogP contribution in [0.5, 0.6) is 0 Å². The van der Waals surface area contributed by atoms with Crippen LogP contribution in [0.3, 0.4) is 0 Å². The van der Waals surface area contributed by atoms with Crippen LogP contribution in [0.25, 0.3) is 0 Å². The molecule has 0 aromatic rings. The van der Waals surface area contributed by atoms with Crippen molar-refractivity contribution in [2.45, 2.75) is 19.9 Å². The molecule has 0 amide bonds. The van der Waals surface area contributed by atoms with Gasteiger partial charge in [0.05, 0.1) is 6.04 Å². The van der Waals surface area contributed by atoms with Gasteiger partial charge in [0, 0.05) is 6.20 Å². The third kappa shape index (κ3) is 4.22. The second kappa shape index (κ2) is 6.12. The first kappa shape index (κ1) is 14.5. The van der Waals surface area contributed by atoms with Crippen molar-refractivity contribution in [2.75, 3.05) is 0 Å². The molecule has 5 heteroatoms. The summed E-state index contributed by atoms with van der Waals surface area (Å²) in [7, 11) is 0. The van der Waals surface area contributed by atoms with Crippen molar-refractivity contribution in [3.05, 3.63) is 35.8 Å². The molecule has 15 heavy (non-hydrogen) atoms. The molecule has 1 aliphatic carbocycles. The Morgan fingerprint density at radius 1 is 1.47 bits per heavy atom. The van der Waals surface area contributed by atoms with Gasteiger partial charge < -0.3 is 5.11 Å². The van der Waals surface area contributed by atoms with Crippen LogP contribution >= 0.6 is 0 Å². The normalized spacial score (nSPS) is 17.7. The van der Waals surface area contributed by atoms with E-state index in [4.69, 9.17) is 0 Å². The van der Waals surface area contributed by atoms with Crippen LogP contribution in [0, 0.1) is 0 Å². The molecular weight excluding hydrogens is 205 g/mol. The quantitative estimate of drug-likeness (QED) is 0.405. The summed E-state index contributed by atoms with van der Waals surface area (Å²) in [5.41, 5.74) is 0.306. The Morgan fingerprint density at radius 2 is 2.07 bits per heavy atom. The average Bonchev–Trinajstić information content (AvgIpc) is 2.09. The molecule has 0 aromatic heterocycles. The maximum Gasteiger partial charge on any atom is 1.00 e. The predicted molar refractivity (Wildman–Crippen MR) is 49.1 cm³/mol. The van der Waals surface area contributed by atoms with E-state index in [0.29, 0.717) is 5.57 Å². The molecule has 0 saturated carbocycles. The van der Waals surface area contributed by atoms with E-state index in [1.54, 1.807) is 13.8 Å². The summed E-state index contributed by atoms with van der Waals surface area (Å²) in [4.78, 5) is 10.8. The second-order valence-electron chi connectivity index (χ2n) is 3.30. The Labute approximate surface area is 111 Å². The molecule has 0 radical (unpaired) electrons. The summed E-state index contributed by atoms with van der Waals surface area (Å²) in [6.07, 6.45) is 5.00. The summed E-state index contributed by atoms with van der Waals surface area (Å²) < 4.78 is 0. The summed E-state index contributed by atoms with van der Waals surface area (Å²) in [6.45, 7) is 3.56. The minimum atomic E-state index is -0.378. The number of hydrogen-bond acceptors (Lipinski definition) is 4. The van der Waals surface area contributed by atoms with E-state index >= 15 is 0 Å². The van der Waals surface area contributed by atoms with Crippen LogP contribution in [0.15, 0.2) is 35.8 Å². The van der Waals surface area contributed by atoms with E-state index in [1.165, 1.54) is 18.4 Å². The van der Waals surface area contributed by atoms with Crippen LogP contribution in [0.2, 0.25) is 0 Å². The molecule has 0 fully saturated rings. The number of carbonyl (C=O) groups excluding carboxylic acids is 1. The second-order valence-corrected chi connectivity index (χ2v) is 3.30. The van der Waals surface area contributed by atoms with E-state index in [2.05, 4.69) is 0 Å². The molecule has 0 aromatic carbocycles. The van der Waals surface area contributed by atoms with Gasteiger partial charge in [0.1, 0.15) is 0 Å². The fourth-order valence-corrected chi connectivity index (χ4v) is 0.913. The number of ketones is 1. The summed E-state index contributed by atoms with van der Waals surface area (Å²) in [6, 6.07) is -0.110. The topological polar surface area (TPSA) is 63.6 Å². The van der Waals surface area contributed by atoms with E-state index < -0.39 is 0 Å². The fourth-order valence-electron chi connectivity index (χ4n) is 0.913. The van der Waals surface area contributed by atoms with Crippen LogP contribution in [0.4, 0.5) is 0 Å². The predicted octanol–water partition coefficient (Wildman–Crippen LogP) is -2.64. The Kier molecular flexibility index (Phi) is 5.90. The third-order valence-corrected chi connectivity index (χ3v) is 1.79. The summed E-state index contributed by atoms with van der Waals surface area (Å²) in [5.74, 6) is -0.696. The molecule has 76 valence electrons. The molecule has 1 rings (SSSR count). The van der Waals surface area contributed by atoms with E-state index in [1.807, 2.05) is 0 Å². The molecule has 4 nitrogen and oxygen atoms in total. The first-order chi connectivity index (χ1) is 6.50. The van der Waals surface area contributed by atoms with Gasteiger partial charge in [-0.05, 0) is 31.6 Å². The Hall–Kier alpha value is -0.550. The molecule has 0 aliphatic heterocycles. The summed E-state index contributed by atoms with van der Waals surface area (Å²) in [5, 5.41) is 21.5. The van der Waals surface area contributed by atoms with E-state index in [0.717, 1.165) is 11.1 Å². The van der Waals surface area contributed by atoms with Crippen molar-refractivity contribution >= 4 is 5.78 Å². The molecule has 0 atom stereocenters. The van der Waals surface area contributed by atoms with Crippen LogP contribution < -0.4 is 34.7 Å². The molecular formula is C10H12NNaO3. The number of rotatable bonds is 2. The average molecular weight is 217 g/mol. The SMILES string of the molecule is CC(C)N(O)C=C1C=CC(=O)C=C1[O-].[Na+]. The Bertz CT molecular complexity index is 332. The maximum atomic E-state index is 11.2. The number of carbonyl (C=O) groups is 1. The first-order valence-corrected chi connectivity index (χ1v) is 4.31. The standard InChI is InChI=1S/C10H13NO3.Na/c1-7(2)11(14)6-8-3-4-9(12)5-10(8)13;/h3-7,13-14H,1-2H3;/q;+1/p-1.